The molecule has 0 radical (unpaired) electrons. The molecular formula is C10H10ClNO4. The van der Waals surface area contributed by atoms with Crippen LogP contribution in [0.25, 0.3) is 0 Å². The average molecular weight is 244 g/mol. The van der Waals surface area contributed by atoms with E-state index in [9.17, 15) is 10.0 Å². The summed E-state index contributed by atoms with van der Waals surface area (Å²) in [7, 11) is 0. The number of nitroso groups, excluding NO2 is 1. The fourth-order valence-corrected chi connectivity index (χ4v) is 1.62. The minimum Gasteiger partial charge on any atom is -0.483 e. The summed E-state index contributed by atoms with van der Waals surface area (Å²) in [4.78, 5) is 10.5. The Balaban J connectivity index is 2.19. The molecule has 1 aromatic carbocycles. The Kier molecular flexibility index (Phi) is 3.38. The molecule has 16 heavy (non-hydrogen) atoms. The Morgan fingerprint density at radius 2 is 2.31 bits per heavy atom. The molecule has 1 aliphatic rings. The molecule has 0 aliphatic carbocycles. The van der Waals surface area contributed by atoms with Crippen molar-refractivity contribution in [1.29, 1.82) is 0 Å². The lowest BCUT2D eigenvalue weighted by atomic mass is 10.2. The Labute approximate surface area is 96.9 Å². The first kappa shape index (κ1) is 11.3. The Morgan fingerprint density at radius 3 is 2.94 bits per heavy atom. The first-order valence-corrected chi connectivity index (χ1v) is 5.14. The summed E-state index contributed by atoms with van der Waals surface area (Å²) in [6.07, 6.45) is -1.18. The number of halogens is 1. The molecule has 5 nitrogen and oxygen atoms in total. The van der Waals surface area contributed by atoms with Crippen molar-refractivity contribution in [3.05, 3.63) is 28.1 Å². The van der Waals surface area contributed by atoms with Crippen LogP contribution in [0.3, 0.4) is 0 Å². The maximum absolute atomic E-state index is 10.5. The minimum atomic E-state index is -0.696. The molecule has 0 spiro atoms. The van der Waals surface area contributed by atoms with Crippen LogP contribution in [0.5, 0.6) is 5.75 Å². The smallest absolute Gasteiger partial charge is 0.150 e. The van der Waals surface area contributed by atoms with Gasteiger partial charge >= 0.3 is 0 Å². The first-order chi connectivity index (χ1) is 7.70. The quantitative estimate of drug-likeness (QED) is 0.823. The van der Waals surface area contributed by atoms with Crippen molar-refractivity contribution in [3.8, 4) is 5.75 Å². The van der Waals surface area contributed by atoms with Crippen LogP contribution in [-0.4, -0.2) is 30.5 Å². The van der Waals surface area contributed by atoms with Gasteiger partial charge in [0.05, 0.1) is 13.2 Å². The van der Waals surface area contributed by atoms with Gasteiger partial charge in [0.25, 0.3) is 0 Å². The summed E-state index contributed by atoms with van der Waals surface area (Å²) in [5, 5.41) is 12.8. The zero-order chi connectivity index (χ0) is 11.5. The van der Waals surface area contributed by atoms with E-state index in [4.69, 9.17) is 21.1 Å². The highest BCUT2D eigenvalue weighted by atomic mass is 35.5. The molecule has 1 fully saturated rings. The zero-order valence-electron chi connectivity index (χ0n) is 8.30. The number of nitrogens with zero attached hydrogens (tertiary/aromatic N) is 1. The zero-order valence-corrected chi connectivity index (χ0v) is 9.05. The molecule has 0 saturated carbocycles. The molecule has 1 aromatic rings. The maximum atomic E-state index is 10.5. The molecule has 1 N–H and O–H groups in total. The van der Waals surface area contributed by atoms with Crippen molar-refractivity contribution in [2.75, 3.05) is 13.2 Å². The van der Waals surface area contributed by atoms with Crippen molar-refractivity contribution in [2.24, 2.45) is 5.18 Å². The van der Waals surface area contributed by atoms with Gasteiger partial charge < -0.3 is 14.6 Å². The predicted octanol–water partition coefficient (Wildman–Crippen LogP) is 1.88. The van der Waals surface area contributed by atoms with Crippen LogP contribution in [-0.2, 0) is 4.74 Å². The molecule has 0 amide bonds. The highest BCUT2D eigenvalue weighted by Gasteiger charge is 2.28. The average Bonchev–Trinajstić information content (AvgIpc) is 2.65. The summed E-state index contributed by atoms with van der Waals surface area (Å²) in [6.45, 7) is 0.515. The Bertz CT molecular complexity index is 398. The Hall–Kier alpha value is -1.17. The molecule has 1 aliphatic heterocycles. The van der Waals surface area contributed by atoms with Crippen LogP contribution in [0.2, 0.25) is 5.02 Å². The summed E-state index contributed by atoms with van der Waals surface area (Å²) in [6, 6.07) is 4.50. The maximum Gasteiger partial charge on any atom is 0.150 e. The summed E-state index contributed by atoms with van der Waals surface area (Å²) < 4.78 is 10.5. The highest BCUT2D eigenvalue weighted by Crippen LogP contribution is 2.32. The van der Waals surface area contributed by atoms with E-state index < -0.39 is 12.2 Å². The molecule has 86 valence electrons. The Morgan fingerprint density at radius 1 is 1.50 bits per heavy atom. The normalized spacial score (nSPS) is 24.4. The van der Waals surface area contributed by atoms with Gasteiger partial charge in [0.1, 0.15) is 11.8 Å². The lowest BCUT2D eigenvalue weighted by Crippen LogP contribution is -2.29. The number of aliphatic hydroxyl groups is 1. The van der Waals surface area contributed by atoms with Gasteiger partial charge in [-0.15, -0.1) is 4.91 Å². The first-order valence-electron chi connectivity index (χ1n) is 4.76. The van der Waals surface area contributed by atoms with E-state index in [1.54, 1.807) is 6.07 Å². The number of hydrogen-bond donors (Lipinski definition) is 1. The van der Waals surface area contributed by atoms with E-state index in [0.717, 1.165) is 0 Å². The topological polar surface area (TPSA) is 68.1 Å². The van der Waals surface area contributed by atoms with E-state index >= 15 is 0 Å². The van der Waals surface area contributed by atoms with Crippen molar-refractivity contribution in [1.82, 2.24) is 0 Å². The van der Waals surface area contributed by atoms with E-state index in [-0.39, 0.29) is 24.7 Å². The summed E-state index contributed by atoms with van der Waals surface area (Å²) in [5.41, 5.74) is 0.156. The second-order valence-electron chi connectivity index (χ2n) is 3.46. The highest BCUT2D eigenvalue weighted by molar-refractivity contribution is 6.30. The van der Waals surface area contributed by atoms with Gasteiger partial charge in [0.15, 0.2) is 11.9 Å². The van der Waals surface area contributed by atoms with Gasteiger partial charge in [-0.3, -0.25) is 0 Å². The molecule has 2 atom stereocenters. The van der Waals surface area contributed by atoms with Crippen molar-refractivity contribution in [2.45, 2.75) is 12.2 Å². The van der Waals surface area contributed by atoms with Crippen LogP contribution in [0.1, 0.15) is 0 Å². The van der Waals surface area contributed by atoms with Crippen molar-refractivity contribution < 1.29 is 14.6 Å². The van der Waals surface area contributed by atoms with Gasteiger partial charge in [0.2, 0.25) is 0 Å². The number of hydrogen-bond acceptors (Lipinski definition) is 5. The van der Waals surface area contributed by atoms with E-state index in [0.29, 0.717) is 5.02 Å². The van der Waals surface area contributed by atoms with Crippen LogP contribution >= 0.6 is 11.6 Å². The third-order valence-electron chi connectivity index (χ3n) is 2.30. The van der Waals surface area contributed by atoms with Gasteiger partial charge in [-0.2, -0.15) is 0 Å². The lowest BCUT2D eigenvalue weighted by Gasteiger charge is -2.16. The number of rotatable bonds is 3. The minimum absolute atomic E-state index is 0.156. The number of aliphatic hydroxyl groups excluding tert-OH is 1. The second-order valence-corrected chi connectivity index (χ2v) is 3.90. The van der Waals surface area contributed by atoms with Crippen molar-refractivity contribution in [3.63, 3.8) is 0 Å². The lowest BCUT2D eigenvalue weighted by molar-refractivity contribution is 0.0737. The van der Waals surface area contributed by atoms with Gasteiger partial charge in [0, 0.05) is 11.1 Å². The molecule has 0 unspecified atom stereocenters. The van der Waals surface area contributed by atoms with E-state index in [2.05, 4.69) is 5.18 Å². The fraction of sp³-hybridized carbons (Fsp3) is 0.400. The van der Waals surface area contributed by atoms with Crippen LogP contribution < -0.4 is 4.74 Å². The van der Waals surface area contributed by atoms with Crippen molar-refractivity contribution >= 4 is 17.3 Å². The van der Waals surface area contributed by atoms with Crippen LogP contribution in [0, 0.1) is 4.91 Å². The number of benzene rings is 1. The monoisotopic (exact) mass is 243 g/mol. The standard InChI is InChI=1S/C10H10ClNO4/c11-6-1-2-7(12-14)9(3-6)16-10-5-15-4-8(10)13/h1-3,8,10,13H,4-5H2/t8-,10-/m1/s1. The van der Waals surface area contributed by atoms with Crippen LogP contribution in [0.4, 0.5) is 5.69 Å². The van der Waals surface area contributed by atoms with E-state index in [1.807, 2.05) is 0 Å². The third kappa shape index (κ3) is 2.32. The molecule has 6 heteroatoms. The van der Waals surface area contributed by atoms with Gasteiger partial charge in [-0.1, -0.05) is 11.6 Å². The van der Waals surface area contributed by atoms with Gasteiger partial charge in [-0.25, -0.2) is 0 Å². The molecule has 1 heterocycles. The third-order valence-corrected chi connectivity index (χ3v) is 2.53. The largest absolute Gasteiger partial charge is 0.483 e. The molecule has 1 saturated heterocycles. The predicted molar refractivity (Wildman–Crippen MR) is 58.1 cm³/mol. The molecular weight excluding hydrogens is 234 g/mol. The molecule has 0 bridgehead atoms. The van der Waals surface area contributed by atoms with Crippen LogP contribution in [0.15, 0.2) is 23.4 Å². The summed E-state index contributed by atoms with van der Waals surface area (Å²) >= 11 is 5.78. The molecule has 0 aromatic heterocycles. The summed E-state index contributed by atoms with van der Waals surface area (Å²) in [5.74, 6) is 0.261. The SMILES string of the molecule is O=Nc1ccc(Cl)cc1O[C@@H]1COC[C@H]1O. The number of ether oxygens (including phenoxy) is 2. The van der Waals surface area contributed by atoms with E-state index in [1.165, 1.54) is 12.1 Å². The van der Waals surface area contributed by atoms with Gasteiger partial charge in [-0.05, 0) is 17.3 Å². The fourth-order valence-electron chi connectivity index (χ4n) is 1.46. The molecule has 2 rings (SSSR count). The second kappa shape index (κ2) is 4.78.